The van der Waals surface area contributed by atoms with E-state index in [4.69, 9.17) is 0 Å². The van der Waals surface area contributed by atoms with Crippen LogP contribution in [0.3, 0.4) is 0 Å². The van der Waals surface area contributed by atoms with Gasteiger partial charge < -0.3 is 4.90 Å². The van der Waals surface area contributed by atoms with Gasteiger partial charge in [-0.25, -0.2) is 0 Å². The third kappa shape index (κ3) is 1.57. The summed E-state index contributed by atoms with van der Waals surface area (Å²) in [5.41, 5.74) is 0. The SMILES string of the molecule is CC1CC2CCC1N2C(=O)C1CCCCC1. The number of rotatable bonds is 1. The van der Waals surface area contributed by atoms with E-state index in [2.05, 4.69) is 11.8 Å². The van der Waals surface area contributed by atoms with Crippen molar-refractivity contribution < 1.29 is 4.79 Å². The molecule has 1 amide bonds. The quantitative estimate of drug-likeness (QED) is 0.666. The van der Waals surface area contributed by atoms with Crippen LogP contribution in [-0.4, -0.2) is 22.9 Å². The molecule has 2 nitrogen and oxygen atoms in total. The third-order valence-corrected chi connectivity index (χ3v) is 5.06. The van der Waals surface area contributed by atoms with Crippen LogP contribution in [0.1, 0.15) is 58.3 Å². The highest BCUT2D eigenvalue weighted by Gasteiger charge is 2.47. The summed E-state index contributed by atoms with van der Waals surface area (Å²) in [4.78, 5) is 14.8. The predicted octanol–water partition coefficient (Wildman–Crippen LogP) is 2.97. The van der Waals surface area contributed by atoms with E-state index in [1.54, 1.807) is 0 Å². The van der Waals surface area contributed by atoms with Crippen molar-refractivity contribution in [3.05, 3.63) is 0 Å². The van der Waals surface area contributed by atoms with Gasteiger partial charge in [-0.2, -0.15) is 0 Å². The molecule has 0 radical (unpaired) electrons. The van der Waals surface area contributed by atoms with Gasteiger partial charge in [-0.05, 0) is 38.0 Å². The van der Waals surface area contributed by atoms with Gasteiger partial charge in [0.2, 0.25) is 5.91 Å². The van der Waals surface area contributed by atoms with E-state index in [0.717, 1.165) is 18.8 Å². The number of carbonyl (C=O) groups excluding carboxylic acids is 1. The van der Waals surface area contributed by atoms with Crippen LogP contribution in [0.2, 0.25) is 0 Å². The maximum Gasteiger partial charge on any atom is 0.226 e. The van der Waals surface area contributed by atoms with Crippen LogP contribution in [0, 0.1) is 11.8 Å². The Bertz CT molecular complexity index is 282. The van der Waals surface area contributed by atoms with E-state index in [1.165, 1.54) is 38.5 Å². The van der Waals surface area contributed by atoms with Gasteiger partial charge in [-0.1, -0.05) is 26.2 Å². The van der Waals surface area contributed by atoms with E-state index < -0.39 is 0 Å². The van der Waals surface area contributed by atoms with Crippen molar-refractivity contribution in [1.29, 1.82) is 0 Å². The highest BCUT2D eigenvalue weighted by atomic mass is 16.2. The van der Waals surface area contributed by atoms with Gasteiger partial charge in [0.25, 0.3) is 0 Å². The summed E-state index contributed by atoms with van der Waals surface area (Å²) in [6, 6.07) is 1.20. The molecular formula is C14H23NO. The molecule has 3 atom stereocenters. The summed E-state index contributed by atoms with van der Waals surface area (Å²) in [7, 11) is 0. The number of hydrogen-bond acceptors (Lipinski definition) is 1. The largest absolute Gasteiger partial charge is 0.336 e. The lowest BCUT2D eigenvalue weighted by atomic mass is 9.88. The van der Waals surface area contributed by atoms with Crippen molar-refractivity contribution in [2.45, 2.75) is 70.4 Å². The third-order valence-electron chi connectivity index (χ3n) is 5.06. The van der Waals surface area contributed by atoms with Gasteiger partial charge in [0.15, 0.2) is 0 Å². The minimum Gasteiger partial charge on any atom is -0.336 e. The standard InChI is InChI=1S/C14H23NO/c1-10-9-12-7-8-13(10)15(12)14(16)11-5-3-2-4-6-11/h10-13H,2-9H2,1H3. The normalized spacial score (nSPS) is 39.3. The van der Waals surface area contributed by atoms with Gasteiger partial charge in [0, 0.05) is 18.0 Å². The predicted molar refractivity (Wildman–Crippen MR) is 64.0 cm³/mol. The zero-order chi connectivity index (χ0) is 11.1. The molecule has 0 spiro atoms. The first-order valence-electron chi connectivity index (χ1n) is 7.09. The molecule has 0 aromatic rings. The molecular weight excluding hydrogens is 198 g/mol. The number of nitrogens with zero attached hydrogens (tertiary/aromatic N) is 1. The topological polar surface area (TPSA) is 20.3 Å². The van der Waals surface area contributed by atoms with Gasteiger partial charge in [-0.3, -0.25) is 4.79 Å². The Balaban J connectivity index is 1.70. The minimum atomic E-state index is 0.377. The van der Waals surface area contributed by atoms with Crippen LogP contribution in [0.15, 0.2) is 0 Å². The lowest BCUT2D eigenvalue weighted by molar-refractivity contribution is -0.138. The molecule has 3 rings (SSSR count). The van der Waals surface area contributed by atoms with Gasteiger partial charge >= 0.3 is 0 Å². The van der Waals surface area contributed by atoms with Crippen molar-refractivity contribution in [2.75, 3.05) is 0 Å². The first-order valence-corrected chi connectivity index (χ1v) is 7.09. The molecule has 1 aliphatic carbocycles. The average molecular weight is 221 g/mol. The summed E-state index contributed by atoms with van der Waals surface area (Å²) in [6.07, 6.45) is 10.0. The molecule has 0 N–H and O–H groups in total. The Kier molecular flexibility index (Phi) is 2.68. The van der Waals surface area contributed by atoms with Crippen LogP contribution in [0.25, 0.3) is 0 Å². The van der Waals surface area contributed by atoms with E-state index >= 15 is 0 Å². The summed E-state index contributed by atoms with van der Waals surface area (Å²) >= 11 is 0. The Hall–Kier alpha value is -0.530. The second-order valence-electron chi connectivity index (χ2n) is 6.09. The fraction of sp³-hybridized carbons (Fsp3) is 0.929. The number of hydrogen-bond donors (Lipinski definition) is 0. The maximum absolute atomic E-state index is 12.5. The van der Waals surface area contributed by atoms with Gasteiger partial charge in [-0.15, -0.1) is 0 Å². The van der Waals surface area contributed by atoms with Crippen molar-refractivity contribution >= 4 is 5.91 Å². The molecule has 2 saturated heterocycles. The van der Waals surface area contributed by atoms with E-state index in [0.29, 0.717) is 23.9 Å². The molecule has 3 fully saturated rings. The van der Waals surface area contributed by atoms with Crippen molar-refractivity contribution in [3.63, 3.8) is 0 Å². The molecule has 16 heavy (non-hydrogen) atoms. The zero-order valence-electron chi connectivity index (χ0n) is 10.3. The van der Waals surface area contributed by atoms with Crippen LogP contribution >= 0.6 is 0 Å². The second kappa shape index (κ2) is 4.05. The molecule has 3 aliphatic rings. The van der Waals surface area contributed by atoms with Gasteiger partial charge in [0.1, 0.15) is 0 Å². The highest BCUT2D eigenvalue weighted by molar-refractivity contribution is 5.80. The monoisotopic (exact) mass is 221 g/mol. The molecule has 0 aromatic carbocycles. The summed E-state index contributed by atoms with van der Waals surface area (Å²) in [6.45, 7) is 2.32. The summed E-state index contributed by atoms with van der Waals surface area (Å²) in [5, 5.41) is 0. The first-order chi connectivity index (χ1) is 7.77. The Morgan fingerprint density at radius 1 is 1.06 bits per heavy atom. The van der Waals surface area contributed by atoms with Crippen LogP contribution in [0.4, 0.5) is 0 Å². The minimum absolute atomic E-state index is 0.377. The zero-order valence-corrected chi connectivity index (χ0v) is 10.3. The van der Waals surface area contributed by atoms with Crippen LogP contribution < -0.4 is 0 Å². The summed E-state index contributed by atoms with van der Waals surface area (Å²) in [5.74, 6) is 1.64. The Labute approximate surface area is 98.4 Å². The molecule has 2 aliphatic heterocycles. The highest BCUT2D eigenvalue weighted by Crippen LogP contribution is 2.43. The van der Waals surface area contributed by atoms with Crippen molar-refractivity contribution in [1.82, 2.24) is 4.90 Å². The van der Waals surface area contributed by atoms with Crippen LogP contribution in [0.5, 0.6) is 0 Å². The van der Waals surface area contributed by atoms with Crippen molar-refractivity contribution in [3.8, 4) is 0 Å². The second-order valence-corrected chi connectivity index (χ2v) is 6.09. The fourth-order valence-corrected chi connectivity index (χ4v) is 4.19. The molecule has 0 aromatic heterocycles. The molecule has 1 saturated carbocycles. The number of carbonyl (C=O) groups is 1. The lowest BCUT2D eigenvalue weighted by Gasteiger charge is -2.30. The molecule has 3 unspecified atom stereocenters. The Morgan fingerprint density at radius 2 is 1.81 bits per heavy atom. The number of fused-ring (bicyclic) bond motifs is 2. The lowest BCUT2D eigenvalue weighted by Crippen LogP contribution is -2.40. The fourth-order valence-electron chi connectivity index (χ4n) is 4.19. The van der Waals surface area contributed by atoms with E-state index in [9.17, 15) is 4.79 Å². The molecule has 2 heteroatoms. The average Bonchev–Trinajstić information content (AvgIpc) is 2.85. The molecule has 90 valence electrons. The number of amides is 1. The molecule has 2 bridgehead atoms. The van der Waals surface area contributed by atoms with Crippen molar-refractivity contribution in [2.24, 2.45) is 11.8 Å². The van der Waals surface area contributed by atoms with Crippen LogP contribution in [-0.2, 0) is 4.79 Å². The maximum atomic E-state index is 12.5. The molecule has 2 heterocycles. The van der Waals surface area contributed by atoms with E-state index in [1.807, 2.05) is 0 Å². The van der Waals surface area contributed by atoms with Gasteiger partial charge in [0.05, 0.1) is 0 Å². The first kappa shape index (κ1) is 10.6. The Morgan fingerprint density at radius 3 is 2.38 bits per heavy atom. The smallest absolute Gasteiger partial charge is 0.226 e. The van der Waals surface area contributed by atoms with E-state index in [-0.39, 0.29) is 0 Å². The summed E-state index contributed by atoms with van der Waals surface area (Å²) < 4.78 is 0.